The van der Waals surface area contributed by atoms with Gasteiger partial charge in [-0.15, -0.1) is 11.6 Å². The molecule has 0 spiro atoms. The molecule has 0 N–H and O–H groups in total. The topological polar surface area (TPSA) is 9.23 Å². The van der Waals surface area contributed by atoms with Crippen molar-refractivity contribution >= 4 is 23.2 Å². The smallest absolute Gasteiger partial charge is 0.0509 e. The van der Waals surface area contributed by atoms with Crippen molar-refractivity contribution in [2.75, 3.05) is 19.1 Å². The van der Waals surface area contributed by atoms with Crippen LogP contribution in [0.2, 0.25) is 5.02 Å². The van der Waals surface area contributed by atoms with Crippen LogP contribution < -0.4 is 0 Å². The summed E-state index contributed by atoms with van der Waals surface area (Å²) in [6.07, 6.45) is 3.61. The summed E-state index contributed by atoms with van der Waals surface area (Å²) in [5.41, 5.74) is 1.23. The molecule has 0 aromatic heterocycles. The van der Waals surface area contributed by atoms with Crippen LogP contribution in [0.3, 0.4) is 0 Å². The first-order valence-corrected chi connectivity index (χ1v) is 7.07. The summed E-state index contributed by atoms with van der Waals surface area (Å²) in [6.45, 7) is 1.66. The van der Waals surface area contributed by atoms with Crippen molar-refractivity contribution in [3.8, 4) is 0 Å². The third-order valence-electron chi connectivity index (χ3n) is 3.04. The average molecular weight is 273 g/mol. The molecular weight excluding hydrogens is 255 g/mol. The van der Waals surface area contributed by atoms with Gasteiger partial charge in [-0.05, 0) is 48.8 Å². The van der Waals surface area contributed by atoms with E-state index in [9.17, 15) is 0 Å². The Labute approximate surface area is 113 Å². The van der Waals surface area contributed by atoms with Gasteiger partial charge in [0.15, 0.2) is 0 Å². The monoisotopic (exact) mass is 272 g/mol. The molecule has 0 bridgehead atoms. The van der Waals surface area contributed by atoms with E-state index in [2.05, 4.69) is 6.07 Å². The lowest BCUT2D eigenvalue weighted by Crippen LogP contribution is -2.15. The maximum atomic E-state index is 5.98. The van der Waals surface area contributed by atoms with Gasteiger partial charge in [-0.2, -0.15) is 0 Å². The predicted octanol–water partition coefficient (Wildman–Crippen LogP) is 4.16. The number of halogens is 2. The summed E-state index contributed by atoms with van der Waals surface area (Å²) in [4.78, 5) is 0. The van der Waals surface area contributed by atoms with Crippen LogP contribution in [0.4, 0.5) is 0 Å². The molecule has 17 heavy (non-hydrogen) atoms. The molecule has 1 aromatic carbocycles. The molecule has 1 aromatic rings. The molecule has 1 aliphatic carbocycles. The average Bonchev–Trinajstić information content (AvgIpc) is 3.12. The summed E-state index contributed by atoms with van der Waals surface area (Å²) in [6, 6.07) is 7.96. The number of alkyl halides is 1. The van der Waals surface area contributed by atoms with Crippen molar-refractivity contribution in [2.24, 2.45) is 11.8 Å². The molecule has 0 heterocycles. The highest BCUT2D eigenvalue weighted by molar-refractivity contribution is 6.30. The van der Waals surface area contributed by atoms with E-state index in [1.54, 1.807) is 0 Å². The number of benzene rings is 1. The van der Waals surface area contributed by atoms with Crippen LogP contribution in [0, 0.1) is 11.8 Å². The molecule has 0 radical (unpaired) electrons. The van der Waals surface area contributed by atoms with Crippen molar-refractivity contribution < 1.29 is 4.74 Å². The first kappa shape index (κ1) is 13.2. The van der Waals surface area contributed by atoms with Crippen molar-refractivity contribution in [1.29, 1.82) is 0 Å². The van der Waals surface area contributed by atoms with Crippen molar-refractivity contribution in [1.82, 2.24) is 0 Å². The minimum absolute atomic E-state index is 0.383. The Balaban J connectivity index is 1.76. The molecule has 1 nitrogen and oxygen atoms in total. The molecule has 3 heteroatoms. The Kier molecular flexibility index (Phi) is 5.15. The van der Waals surface area contributed by atoms with E-state index in [4.69, 9.17) is 27.9 Å². The Morgan fingerprint density at radius 3 is 2.82 bits per heavy atom. The van der Waals surface area contributed by atoms with Gasteiger partial charge in [0, 0.05) is 17.5 Å². The van der Waals surface area contributed by atoms with Gasteiger partial charge in [0.25, 0.3) is 0 Å². The Bertz CT molecular complexity index is 350. The quantitative estimate of drug-likeness (QED) is 0.678. The molecule has 1 atom stereocenters. The van der Waals surface area contributed by atoms with Crippen LogP contribution in [-0.4, -0.2) is 19.1 Å². The summed E-state index contributed by atoms with van der Waals surface area (Å²) < 4.78 is 5.70. The van der Waals surface area contributed by atoms with Gasteiger partial charge in [-0.3, -0.25) is 0 Å². The minimum Gasteiger partial charge on any atom is -0.381 e. The zero-order chi connectivity index (χ0) is 12.1. The number of ether oxygens (including phenoxy) is 1. The lowest BCUT2D eigenvalue weighted by Gasteiger charge is -2.14. The second-order valence-electron chi connectivity index (χ2n) is 4.84. The first-order chi connectivity index (χ1) is 8.28. The van der Waals surface area contributed by atoms with Crippen LogP contribution in [-0.2, 0) is 11.2 Å². The van der Waals surface area contributed by atoms with Gasteiger partial charge in [0.1, 0.15) is 0 Å². The van der Waals surface area contributed by atoms with E-state index in [-0.39, 0.29) is 0 Å². The molecule has 1 fully saturated rings. The highest BCUT2D eigenvalue weighted by atomic mass is 35.5. The van der Waals surface area contributed by atoms with Gasteiger partial charge >= 0.3 is 0 Å². The fourth-order valence-electron chi connectivity index (χ4n) is 1.84. The molecule has 2 rings (SSSR count). The summed E-state index contributed by atoms with van der Waals surface area (Å²) in [5, 5.41) is 0.787. The zero-order valence-electron chi connectivity index (χ0n) is 9.87. The fraction of sp³-hybridized carbons (Fsp3) is 0.571. The number of hydrogen-bond acceptors (Lipinski definition) is 1. The molecule has 0 amide bonds. The maximum Gasteiger partial charge on any atom is 0.0509 e. The summed E-state index contributed by atoms with van der Waals surface area (Å²) >= 11 is 11.9. The lowest BCUT2D eigenvalue weighted by molar-refractivity contribution is 0.0972. The molecule has 1 unspecified atom stereocenters. The van der Waals surface area contributed by atoms with Crippen molar-refractivity contribution in [3.05, 3.63) is 34.9 Å². The van der Waals surface area contributed by atoms with Gasteiger partial charge in [0.05, 0.1) is 6.61 Å². The van der Waals surface area contributed by atoms with Crippen LogP contribution in [0.15, 0.2) is 24.3 Å². The highest BCUT2D eigenvalue weighted by Crippen LogP contribution is 2.29. The Hall–Kier alpha value is -0.240. The van der Waals surface area contributed by atoms with Gasteiger partial charge in [-0.1, -0.05) is 23.7 Å². The third kappa shape index (κ3) is 4.87. The minimum atomic E-state index is 0.383. The van der Waals surface area contributed by atoms with Crippen LogP contribution in [0.5, 0.6) is 0 Å². The van der Waals surface area contributed by atoms with Gasteiger partial charge in [-0.25, -0.2) is 0 Å². The Morgan fingerprint density at radius 2 is 2.18 bits per heavy atom. The molecular formula is C14H18Cl2O. The number of hydrogen-bond donors (Lipinski definition) is 0. The molecule has 0 aliphatic heterocycles. The van der Waals surface area contributed by atoms with Gasteiger partial charge in [0.2, 0.25) is 0 Å². The van der Waals surface area contributed by atoms with E-state index in [1.165, 1.54) is 18.4 Å². The molecule has 1 aliphatic rings. The largest absolute Gasteiger partial charge is 0.381 e. The van der Waals surface area contributed by atoms with Gasteiger partial charge < -0.3 is 4.74 Å². The summed E-state index contributed by atoms with van der Waals surface area (Å²) in [7, 11) is 0. The van der Waals surface area contributed by atoms with Crippen LogP contribution in [0.25, 0.3) is 0 Å². The molecule has 1 saturated carbocycles. The van der Waals surface area contributed by atoms with E-state index in [0.29, 0.717) is 11.8 Å². The molecule has 94 valence electrons. The molecule has 0 saturated heterocycles. The van der Waals surface area contributed by atoms with Crippen molar-refractivity contribution in [2.45, 2.75) is 19.3 Å². The van der Waals surface area contributed by atoms with Crippen LogP contribution in [0.1, 0.15) is 18.4 Å². The summed E-state index contributed by atoms with van der Waals surface area (Å²) in [5.74, 6) is 1.84. The second kappa shape index (κ2) is 6.63. The SMILES string of the molecule is ClCC(COCC1CC1)Cc1cccc(Cl)c1. The van der Waals surface area contributed by atoms with E-state index in [1.807, 2.05) is 18.2 Å². The maximum absolute atomic E-state index is 5.98. The van der Waals surface area contributed by atoms with Crippen LogP contribution >= 0.6 is 23.2 Å². The van der Waals surface area contributed by atoms with Crippen molar-refractivity contribution in [3.63, 3.8) is 0 Å². The standard InChI is InChI=1S/C14H18Cl2O/c15-8-13(10-17-9-11-4-5-11)6-12-2-1-3-14(16)7-12/h1-3,7,11,13H,4-6,8-10H2. The van der Waals surface area contributed by atoms with E-state index >= 15 is 0 Å². The zero-order valence-corrected chi connectivity index (χ0v) is 11.4. The number of rotatable bonds is 7. The normalized spacial score (nSPS) is 17.1. The Morgan fingerprint density at radius 1 is 1.35 bits per heavy atom. The highest BCUT2D eigenvalue weighted by Gasteiger charge is 2.21. The first-order valence-electron chi connectivity index (χ1n) is 6.16. The fourth-order valence-corrected chi connectivity index (χ4v) is 2.25. The lowest BCUT2D eigenvalue weighted by atomic mass is 10.0. The van der Waals surface area contributed by atoms with E-state index in [0.717, 1.165) is 30.6 Å². The second-order valence-corrected chi connectivity index (χ2v) is 5.58. The third-order valence-corrected chi connectivity index (χ3v) is 3.71. The van der Waals surface area contributed by atoms with E-state index < -0.39 is 0 Å². The predicted molar refractivity (Wildman–Crippen MR) is 72.9 cm³/mol.